The smallest absolute Gasteiger partial charge is 0.0651 e. The van der Waals surface area contributed by atoms with Gasteiger partial charge in [0.1, 0.15) is 0 Å². The molecule has 2 bridgehead atoms. The van der Waals surface area contributed by atoms with Crippen LogP contribution in [0.3, 0.4) is 0 Å². The number of nitrogens with one attached hydrogen (secondary N) is 1. The second kappa shape index (κ2) is 2.44. The van der Waals surface area contributed by atoms with Crippen molar-refractivity contribution < 1.29 is 9.84 Å². The number of hydrogen-bond acceptors (Lipinski definition) is 3. The molecule has 0 amide bonds. The lowest BCUT2D eigenvalue weighted by Gasteiger charge is -2.43. The predicted molar refractivity (Wildman–Crippen MR) is 41.4 cm³/mol. The maximum Gasteiger partial charge on any atom is 0.0651 e. The molecular weight excluding hydrogens is 142 g/mol. The zero-order valence-corrected chi connectivity index (χ0v) is 6.84. The van der Waals surface area contributed by atoms with Gasteiger partial charge in [-0.1, -0.05) is 0 Å². The molecule has 2 rings (SSSR count). The Morgan fingerprint density at radius 1 is 1.36 bits per heavy atom. The molecule has 3 nitrogen and oxygen atoms in total. The molecule has 2 heterocycles. The van der Waals surface area contributed by atoms with Gasteiger partial charge in [-0.25, -0.2) is 0 Å². The van der Waals surface area contributed by atoms with Crippen LogP contribution in [0.1, 0.15) is 19.8 Å². The minimum Gasteiger partial charge on any atom is -0.390 e. The molecule has 2 N–H and O–H groups in total. The summed E-state index contributed by atoms with van der Waals surface area (Å²) in [5.74, 6) is 0. The van der Waals surface area contributed by atoms with Crippen molar-refractivity contribution in [2.45, 2.75) is 37.5 Å². The largest absolute Gasteiger partial charge is 0.390 e. The third-order valence-electron chi connectivity index (χ3n) is 2.48. The molecule has 0 radical (unpaired) electrons. The number of hydrogen-bond donors (Lipinski definition) is 2. The molecule has 0 aromatic heterocycles. The standard InChI is InChI=1S/C8H15NO2/c1-8(10)2-6-4-11-5-7(3-8)9-6/h6-7,9-10H,2-5H2,1H3/t6-,7+,8-. The first-order chi connectivity index (χ1) is 5.16. The van der Waals surface area contributed by atoms with Crippen molar-refractivity contribution >= 4 is 0 Å². The van der Waals surface area contributed by atoms with E-state index in [2.05, 4.69) is 5.32 Å². The van der Waals surface area contributed by atoms with Gasteiger partial charge < -0.3 is 15.2 Å². The zero-order valence-electron chi connectivity index (χ0n) is 6.84. The maximum absolute atomic E-state index is 9.78. The SMILES string of the molecule is C[C@]1(O)C[C@H]2COC[C@@H](C1)N2. The van der Waals surface area contributed by atoms with Crippen molar-refractivity contribution in [3.63, 3.8) is 0 Å². The Morgan fingerprint density at radius 3 is 2.45 bits per heavy atom. The van der Waals surface area contributed by atoms with Crippen LogP contribution in [0.15, 0.2) is 0 Å². The van der Waals surface area contributed by atoms with E-state index in [9.17, 15) is 5.11 Å². The molecule has 0 aromatic carbocycles. The van der Waals surface area contributed by atoms with E-state index in [4.69, 9.17) is 4.74 Å². The van der Waals surface area contributed by atoms with Gasteiger partial charge in [0.15, 0.2) is 0 Å². The van der Waals surface area contributed by atoms with Gasteiger partial charge in [0, 0.05) is 12.1 Å². The van der Waals surface area contributed by atoms with Crippen LogP contribution >= 0.6 is 0 Å². The Bertz CT molecular complexity index is 144. The number of aliphatic hydroxyl groups is 1. The van der Waals surface area contributed by atoms with E-state index in [1.807, 2.05) is 6.92 Å². The van der Waals surface area contributed by atoms with Crippen LogP contribution in [0.5, 0.6) is 0 Å². The number of rotatable bonds is 0. The molecule has 0 spiro atoms. The van der Waals surface area contributed by atoms with Gasteiger partial charge in [0.05, 0.1) is 18.8 Å². The first-order valence-electron chi connectivity index (χ1n) is 4.22. The lowest BCUT2D eigenvalue weighted by Crippen LogP contribution is -2.58. The van der Waals surface area contributed by atoms with E-state index < -0.39 is 5.60 Å². The van der Waals surface area contributed by atoms with Crippen LogP contribution in [0, 0.1) is 0 Å². The van der Waals surface area contributed by atoms with Gasteiger partial charge in [-0.2, -0.15) is 0 Å². The molecule has 0 aliphatic carbocycles. The molecule has 0 aromatic rings. The zero-order chi connectivity index (χ0) is 7.90. The summed E-state index contributed by atoms with van der Waals surface area (Å²) in [4.78, 5) is 0. The summed E-state index contributed by atoms with van der Waals surface area (Å²) in [6.07, 6.45) is 1.65. The summed E-state index contributed by atoms with van der Waals surface area (Å²) < 4.78 is 5.36. The quantitative estimate of drug-likeness (QED) is 0.515. The lowest BCUT2D eigenvalue weighted by molar-refractivity contribution is -0.0660. The van der Waals surface area contributed by atoms with Gasteiger partial charge in [0.25, 0.3) is 0 Å². The average Bonchev–Trinajstić information content (AvgIpc) is 1.82. The fourth-order valence-corrected chi connectivity index (χ4v) is 2.16. The highest BCUT2D eigenvalue weighted by atomic mass is 16.5. The van der Waals surface area contributed by atoms with Gasteiger partial charge in [0.2, 0.25) is 0 Å². The number of fused-ring (bicyclic) bond motifs is 2. The second-order valence-corrected chi connectivity index (χ2v) is 4.00. The highest BCUT2D eigenvalue weighted by Gasteiger charge is 2.37. The summed E-state index contributed by atoms with van der Waals surface area (Å²) in [7, 11) is 0. The molecular formula is C8H15NO2. The summed E-state index contributed by atoms with van der Waals surface area (Å²) in [5, 5.41) is 13.2. The maximum atomic E-state index is 9.78. The first-order valence-corrected chi connectivity index (χ1v) is 4.22. The van der Waals surface area contributed by atoms with Crippen LogP contribution < -0.4 is 5.32 Å². The highest BCUT2D eigenvalue weighted by molar-refractivity contribution is 4.94. The number of morpholine rings is 1. The second-order valence-electron chi connectivity index (χ2n) is 4.00. The lowest BCUT2D eigenvalue weighted by atomic mass is 9.84. The van der Waals surface area contributed by atoms with Crippen molar-refractivity contribution in [1.29, 1.82) is 0 Å². The van der Waals surface area contributed by atoms with Gasteiger partial charge in [-0.3, -0.25) is 0 Å². The molecule has 3 heteroatoms. The molecule has 2 aliphatic rings. The Labute approximate surface area is 66.7 Å². The van der Waals surface area contributed by atoms with E-state index in [1.165, 1.54) is 0 Å². The van der Waals surface area contributed by atoms with Gasteiger partial charge in [-0.15, -0.1) is 0 Å². The Hall–Kier alpha value is -0.120. The molecule has 2 fully saturated rings. The first kappa shape index (κ1) is 7.53. The van der Waals surface area contributed by atoms with Gasteiger partial charge >= 0.3 is 0 Å². The predicted octanol–water partition coefficient (Wildman–Crippen LogP) is -0.112. The van der Waals surface area contributed by atoms with Crippen molar-refractivity contribution in [2.75, 3.05) is 13.2 Å². The van der Waals surface area contributed by atoms with E-state index in [0.29, 0.717) is 12.1 Å². The van der Waals surface area contributed by atoms with E-state index in [0.717, 1.165) is 26.1 Å². The topological polar surface area (TPSA) is 41.5 Å². The molecule has 11 heavy (non-hydrogen) atoms. The van der Waals surface area contributed by atoms with Crippen molar-refractivity contribution in [2.24, 2.45) is 0 Å². The molecule has 3 atom stereocenters. The molecule has 2 aliphatic heterocycles. The third kappa shape index (κ3) is 1.55. The number of ether oxygens (including phenoxy) is 1. The summed E-state index contributed by atoms with van der Waals surface area (Å²) >= 11 is 0. The monoisotopic (exact) mass is 157 g/mol. The molecule has 2 saturated heterocycles. The van der Waals surface area contributed by atoms with Crippen LogP contribution in [0.2, 0.25) is 0 Å². The minimum atomic E-state index is -0.468. The number of piperidine rings is 1. The van der Waals surface area contributed by atoms with Crippen LogP contribution in [0.4, 0.5) is 0 Å². The van der Waals surface area contributed by atoms with E-state index in [1.54, 1.807) is 0 Å². The normalized spacial score (nSPS) is 50.7. The van der Waals surface area contributed by atoms with Crippen LogP contribution in [0.25, 0.3) is 0 Å². The molecule has 0 unspecified atom stereocenters. The van der Waals surface area contributed by atoms with E-state index in [-0.39, 0.29) is 0 Å². The van der Waals surface area contributed by atoms with Crippen LogP contribution in [-0.4, -0.2) is 36.0 Å². The highest BCUT2D eigenvalue weighted by Crippen LogP contribution is 2.26. The molecule has 0 saturated carbocycles. The summed E-state index contributed by atoms with van der Waals surface area (Å²) in [5.41, 5.74) is -0.468. The fourth-order valence-electron chi connectivity index (χ4n) is 2.16. The summed E-state index contributed by atoms with van der Waals surface area (Å²) in [6, 6.07) is 0.745. The Balaban J connectivity index is 2.05. The Kier molecular flexibility index (Phi) is 1.67. The average molecular weight is 157 g/mol. The van der Waals surface area contributed by atoms with Crippen molar-refractivity contribution in [3.05, 3.63) is 0 Å². The van der Waals surface area contributed by atoms with E-state index >= 15 is 0 Å². The molecule has 64 valence electrons. The van der Waals surface area contributed by atoms with Crippen LogP contribution in [-0.2, 0) is 4.74 Å². The fraction of sp³-hybridized carbons (Fsp3) is 1.00. The minimum absolute atomic E-state index is 0.373. The van der Waals surface area contributed by atoms with Crippen molar-refractivity contribution in [1.82, 2.24) is 5.32 Å². The summed E-state index contributed by atoms with van der Waals surface area (Å²) in [6.45, 7) is 3.43. The third-order valence-corrected chi connectivity index (χ3v) is 2.48. The van der Waals surface area contributed by atoms with Crippen molar-refractivity contribution in [3.8, 4) is 0 Å². The van der Waals surface area contributed by atoms with Gasteiger partial charge in [-0.05, 0) is 19.8 Å². The Morgan fingerprint density at radius 2 is 1.91 bits per heavy atom.